The van der Waals surface area contributed by atoms with Gasteiger partial charge in [-0.05, 0) is 19.1 Å². The molecule has 1 amide bonds. The van der Waals surface area contributed by atoms with Gasteiger partial charge in [0.2, 0.25) is 0 Å². The van der Waals surface area contributed by atoms with Crippen LogP contribution in [0.1, 0.15) is 22.5 Å². The molecule has 2 aromatic rings. The molecule has 1 aliphatic rings. The van der Waals surface area contributed by atoms with Gasteiger partial charge in [-0.15, -0.1) is 0 Å². The molecule has 114 valence electrons. The minimum atomic E-state index is -0.274. The summed E-state index contributed by atoms with van der Waals surface area (Å²) in [7, 11) is 0. The fourth-order valence-corrected chi connectivity index (χ4v) is 2.28. The molecule has 1 aromatic carbocycles. The summed E-state index contributed by atoms with van der Waals surface area (Å²) in [6, 6.07) is 6.84. The van der Waals surface area contributed by atoms with E-state index >= 15 is 0 Å². The van der Waals surface area contributed by atoms with Gasteiger partial charge in [0.25, 0.3) is 5.91 Å². The SMILES string of the molecule is Cc1ccc(C(=O)Nc2cc3c(cc2Cl)OCCCO3)cn1. The number of amides is 1. The van der Waals surface area contributed by atoms with E-state index in [9.17, 15) is 4.79 Å². The highest BCUT2D eigenvalue weighted by Crippen LogP contribution is 2.37. The van der Waals surface area contributed by atoms with Crippen molar-refractivity contribution < 1.29 is 14.3 Å². The van der Waals surface area contributed by atoms with E-state index in [1.54, 1.807) is 24.3 Å². The number of rotatable bonds is 2. The van der Waals surface area contributed by atoms with Crippen LogP contribution in [0.4, 0.5) is 5.69 Å². The maximum Gasteiger partial charge on any atom is 0.257 e. The Morgan fingerprint density at radius 3 is 2.64 bits per heavy atom. The maximum atomic E-state index is 12.2. The number of carbonyl (C=O) groups is 1. The molecule has 0 aliphatic carbocycles. The lowest BCUT2D eigenvalue weighted by Gasteiger charge is -2.12. The van der Waals surface area contributed by atoms with Gasteiger partial charge in [0.1, 0.15) is 0 Å². The van der Waals surface area contributed by atoms with Crippen LogP contribution in [0.5, 0.6) is 11.5 Å². The van der Waals surface area contributed by atoms with Crippen molar-refractivity contribution in [2.24, 2.45) is 0 Å². The summed E-state index contributed by atoms with van der Waals surface area (Å²) in [5.74, 6) is 0.903. The van der Waals surface area contributed by atoms with Gasteiger partial charge >= 0.3 is 0 Å². The van der Waals surface area contributed by atoms with Crippen LogP contribution >= 0.6 is 11.6 Å². The normalized spacial score (nSPS) is 13.4. The molecule has 0 radical (unpaired) electrons. The predicted octanol–water partition coefficient (Wildman–Crippen LogP) is 3.46. The monoisotopic (exact) mass is 318 g/mol. The quantitative estimate of drug-likeness (QED) is 0.921. The molecule has 2 heterocycles. The number of hydrogen-bond acceptors (Lipinski definition) is 4. The van der Waals surface area contributed by atoms with Crippen molar-refractivity contribution in [1.29, 1.82) is 0 Å². The van der Waals surface area contributed by atoms with E-state index in [0.717, 1.165) is 12.1 Å². The summed E-state index contributed by atoms with van der Waals surface area (Å²) in [6.07, 6.45) is 2.34. The highest BCUT2D eigenvalue weighted by molar-refractivity contribution is 6.34. The number of carbonyl (C=O) groups excluding carboxylic acids is 1. The number of nitrogens with one attached hydrogen (secondary N) is 1. The van der Waals surface area contributed by atoms with E-state index < -0.39 is 0 Å². The minimum absolute atomic E-state index is 0.274. The van der Waals surface area contributed by atoms with Crippen molar-refractivity contribution in [2.75, 3.05) is 18.5 Å². The first-order valence-electron chi connectivity index (χ1n) is 6.96. The van der Waals surface area contributed by atoms with Crippen molar-refractivity contribution in [3.63, 3.8) is 0 Å². The zero-order valence-electron chi connectivity index (χ0n) is 12.1. The second-order valence-corrected chi connectivity index (χ2v) is 5.38. The Kier molecular flexibility index (Phi) is 4.15. The van der Waals surface area contributed by atoms with Crippen LogP contribution in [-0.2, 0) is 0 Å². The third-order valence-electron chi connectivity index (χ3n) is 3.26. The van der Waals surface area contributed by atoms with Gasteiger partial charge in [-0.2, -0.15) is 0 Å². The Morgan fingerprint density at radius 1 is 1.23 bits per heavy atom. The van der Waals surface area contributed by atoms with Crippen LogP contribution in [0.25, 0.3) is 0 Å². The van der Waals surface area contributed by atoms with Crippen molar-refractivity contribution in [1.82, 2.24) is 4.98 Å². The fraction of sp³-hybridized carbons (Fsp3) is 0.250. The number of pyridine rings is 1. The molecule has 3 rings (SSSR count). The van der Waals surface area contributed by atoms with Gasteiger partial charge in [0.05, 0.1) is 29.5 Å². The van der Waals surface area contributed by atoms with E-state index in [0.29, 0.717) is 41.0 Å². The molecule has 6 heteroatoms. The zero-order chi connectivity index (χ0) is 15.5. The number of halogens is 1. The molecule has 0 fully saturated rings. The van der Waals surface area contributed by atoms with E-state index in [2.05, 4.69) is 10.3 Å². The number of fused-ring (bicyclic) bond motifs is 1. The second-order valence-electron chi connectivity index (χ2n) is 4.97. The highest BCUT2D eigenvalue weighted by atomic mass is 35.5. The number of aromatic nitrogens is 1. The molecule has 0 saturated carbocycles. The number of ether oxygens (including phenoxy) is 2. The minimum Gasteiger partial charge on any atom is -0.490 e. The summed E-state index contributed by atoms with van der Waals surface area (Å²) >= 11 is 6.21. The highest BCUT2D eigenvalue weighted by Gasteiger charge is 2.16. The van der Waals surface area contributed by atoms with Gasteiger partial charge in [0, 0.05) is 30.4 Å². The molecule has 0 spiro atoms. The third-order valence-corrected chi connectivity index (χ3v) is 3.57. The number of anilines is 1. The van der Waals surface area contributed by atoms with Crippen LogP contribution in [0, 0.1) is 6.92 Å². The van der Waals surface area contributed by atoms with Crippen LogP contribution < -0.4 is 14.8 Å². The van der Waals surface area contributed by atoms with Crippen LogP contribution in [-0.4, -0.2) is 24.1 Å². The Hall–Kier alpha value is -2.27. The van der Waals surface area contributed by atoms with Gasteiger partial charge in [-0.3, -0.25) is 9.78 Å². The van der Waals surface area contributed by atoms with Crippen molar-refractivity contribution >= 4 is 23.2 Å². The first kappa shape index (κ1) is 14.7. The first-order valence-corrected chi connectivity index (χ1v) is 7.34. The van der Waals surface area contributed by atoms with Gasteiger partial charge in [-0.1, -0.05) is 11.6 Å². The van der Waals surface area contributed by atoms with E-state index in [4.69, 9.17) is 21.1 Å². The Bertz CT molecular complexity index is 701. The number of benzene rings is 1. The summed E-state index contributed by atoms with van der Waals surface area (Å²) in [5, 5.41) is 3.17. The molecule has 0 bridgehead atoms. The molecule has 0 unspecified atom stereocenters. The molecule has 0 atom stereocenters. The fourth-order valence-electron chi connectivity index (χ4n) is 2.08. The van der Waals surface area contributed by atoms with Gasteiger partial charge < -0.3 is 14.8 Å². The Labute approximate surface area is 133 Å². The summed E-state index contributed by atoms with van der Waals surface area (Å²) < 4.78 is 11.2. The smallest absolute Gasteiger partial charge is 0.257 e. The summed E-state index contributed by atoms with van der Waals surface area (Å²) in [6.45, 7) is 3.02. The lowest BCUT2D eigenvalue weighted by atomic mass is 10.2. The zero-order valence-corrected chi connectivity index (χ0v) is 12.8. The van der Waals surface area contributed by atoms with Crippen molar-refractivity contribution in [3.8, 4) is 11.5 Å². The number of hydrogen-bond donors (Lipinski definition) is 1. The Balaban J connectivity index is 1.84. The molecular formula is C16H15ClN2O3. The average Bonchev–Trinajstić information content (AvgIpc) is 2.73. The lowest BCUT2D eigenvalue weighted by molar-refractivity contribution is 0.102. The van der Waals surface area contributed by atoms with Gasteiger partial charge in [-0.25, -0.2) is 0 Å². The second kappa shape index (κ2) is 6.23. The molecule has 1 aliphatic heterocycles. The van der Waals surface area contributed by atoms with E-state index in [1.807, 2.05) is 6.92 Å². The number of nitrogens with zero attached hydrogens (tertiary/aromatic N) is 1. The van der Waals surface area contributed by atoms with E-state index in [1.165, 1.54) is 6.20 Å². The molecule has 1 aromatic heterocycles. The van der Waals surface area contributed by atoms with Crippen molar-refractivity contribution in [2.45, 2.75) is 13.3 Å². The molecule has 22 heavy (non-hydrogen) atoms. The average molecular weight is 319 g/mol. The predicted molar refractivity (Wildman–Crippen MR) is 84.0 cm³/mol. The van der Waals surface area contributed by atoms with Crippen LogP contribution in [0.15, 0.2) is 30.5 Å². The standard InChI is InChI=1S/C16H15ClN2O3/c1-10-3-4-11(9-18-10)16(20)19-13-8-15-14(7-12(13)17)21-5-2-6-22-15/h3-4,7-9H,2,5-6H2,1H3,(H,19,20). The lowest BCUT2D eigenvalue weighted by Crippen LogP contribution is -2.12. The Morgan fingerprint density at radius 2 is 1.95 bits per heavy atom. The van der Waals surface area contributed by atoms with E-state index in [-0.39, 0.29) is 5.91 Å². The topological polar surface area (TPSA) is 60.5 Å². The maximum absolute atomic E-state index is 12.2. The summed E-state index contributed by atoms with van der Waals surface area (Å²) in [5.41, 5.74) is 1.80. The van der Waals surface area contributed by atoms with Crippen molar-refractivity contribution in [3.05, 3.63) is 46.7 Å². The number of aryl methyl sites for hydroxylation is 1. The largest absolute Gasteiger partial charge is 0.490 e. The van der Waals surface area contributed by atoms with Gasteiger partial charge in [0.15, 0.2) is 11.5 Å². The van der Waals surface area contributed by atoms with Crippen LogP contribution in [0.3, 0.4) is 0 Å². The molecule has 1 N–H and O–H groups in total. The molecular weight excluding hydrogens is 304 g/mol. The van der Waals surface area contributed by atoms with Crippen LogP contribution in [0.2, 0.25) is 5.02 Å². The molecule has 5 nitrogen and oxygen atoms in total. The molecule has 0 saturated heterocycles. The third kappa shape index (κ3) is 3.14. The first-order chi connectivity index (χ1) is 10.6. The summed E-state index contributed by atoms with van der Waals surface area (Å²) in [4.78, 5) is 16.3.